The van der Waals surface area contributed by atoms with Gasteiger partial charge in [-0.2, -0.15) is 0 Å². The van der Waals surface area contributed by atoms with Crippen LogP contribution in [0.25, 0.3) is 0 Å². The number of esters is 1. The fraction of sp³-hybridized carbons (Fsp3) is 0.733. The molecule has 0 amide bonds. The van der Waals surface area contributed by atoms with Crippen LogP contribution >= 0.6 is 0 Å². The highest BCUT2D eigenvalue weighted by Gasteiger charge is 2.22. The molecule has 8 nitrogen and oxygen atoms in total. The van der Waals surface area contributed by atoms with Gasteiger partial charge in [0.1, 0.15) is 0 Å². The van der Waals surface area contributed by atoms with E-state index in [0.717, 1.165) is 19.3 Å². The Morgan fingerprint density at radius 2 is 1.26 bits per heavy atom. The molecule has 0 spiro atoms. The maximum Gasteiger partial charge on any atom is 0.355 e. The lowest BCUT2D eigenvalue weighted by atomic mass is 10.1. The van der Waals surface area contributed by atoms with Gasteiger partial charge in [-0.05, 0) is 25.7 Å². The second kappa shape index (κ2) is 10.6. The number of cyclic esters (lactones) is 1. The summed E-state index contributed by atoms with van der Waals surface area (Å²) in [5.74, 6) is -3.18. The molecule has 0 aromatic heterocycles. The molecule has 1 atom stereocenters. The van der Waals surface area contributed by atoms with E-state index < -0.39 is 30.0 Å². The molecule has 1 fully saturated rings. The molecule has 0 aromatic carbocycles. The molecule has 0 saturated carbocycles. The first-order valence-electron chi connectivity index (χ1n) is 7.81. The van der Waals surface area contributed by atoms with E-state index in [1.165, 1.54) is 0 Å². The minimum Gasteiger partial charge on any atom is -0.479 e. The van der Waals surface area contributed by atoms with Crippen molar-refractivity contribution in [1.82, 2.24) is 0 Å². The fourth-order valence-electron chi connectivity index (χ4n) is 2.13. The van der Waals surface area contributed by atoms with Crippen LogP contribution in [0.2, 0.25) is 0 Å². The van der Waals surface area contributed by atoms with E-state index >= 15 is 0 Å². The van der Waals surface area contributed by atoms with E-state index in [4.69, 9.17) is 9.84 Å². The minimum absolute atomic E-state index is 0.00980. The number of rotatable bonds is 1. The summed E-state index contributed by atoms with van der Waals surface area (Å²) in [4.78, 5) is 54.1. The second-order valence-electron chi connectivity index (χ2n) is 5.39. The zero-order valence-electron chi connectivity index (χ0n) is 13.0. The van der Waals surface area contributed by atoms with Crippen molar-refractivity contribution in [2.24, 2.45) is 0 Å². The smallest absolute Gasteiger partial charge is 0.355 e. The van der Waals surface area contributed by atoms with Crippen molar-refractivity contribution in [3.63, 3.8) is 0 Å². The van der Waals surface area contributed by atoms with Crippen LogP contribution in [-0.4, -0.2) is 35.1 Å². The number of aliphatic carboxylic acids is 1. The monoisotopic (exact) mass is 330 g/mol. The maximum absolute atomic E-state index is 11.6. The molecular formula is C15H22O8. The van der Waals surface area contributed by atoms with Gasteiger partial charge in [0.25, 0.3) is 0 Å². The molecule has 1 aliphatic heterocycles. The Hall–Kier alpha value is -2.12. The summed E-state index contributed by atoms with van der Waals surface area (Å²) >= 11 is 0. The predicted molar refractivity (Wildman–Crippen MR) is 75.9 cm³/mol. The molecule has 1 N–H and O–H groups in total. The van der Waals surface area contributed by atoms with Gasteiger partial charge in [0.2, 0.25) is 0 Å². The Labute approximate surface area is 134 Å². The lowest BCUT2D eigenvalue weighted by molar-refractivity contribution is -0.259. The molecule has 23 heavy (non-hydrogen) atoms. The summed E-state index contributed by atoms with van der Waals surface area (Å²) in [7, 11) is 0. The van der Waals surface area contributed by atoms with Gasteiger partial charge in [-0.25, -0.2) is 24.2 Å². The Morgan fingerprint density at radius 3 is 1.83 bits per heavy atom. The topological polar surface area (TPSA) is 116 Å². The van der Waals surface area contributed by atoms with Crippen LogP contribution in [0.4, 0.5) is 0 Å². The van der Waals surface area contributed by atoms with E-state index in [1.807, 2.05) is 0 Å². The van der Waals surface area contributed by atoms with Crippen molar-refractivity contribution >= 4 is 23.9 Å². The summed E-state index contributed by atoms with van der Waals surface area (Å²) in [6, 6.07) is 0. The van der Waals surface area contributed by atoms with Crippen molar-refractivity contribution in [3.8, 4) is 0 Å². The molecule has 0 aliphatic carbocycles. The summed E-state index contributed by atoms with van der Waals surface area (Å²) in [5, 5.41) is 9.02. The zero-order chi connectivity index (χ0) is 17.1. The Balaban J connectivity index is 2.54. The molecule has 1 heterocycles. The second-order valence-corrected chi connectivity index (χ2v) is 5.39. The highest BCUT2D eigenvalue weighted by Crippen LogP contribution is 2.12. The number of carboxylic acids is 1. The summed E-state index contributed by atoms with van der Waals surface area (Å²) in [6.07, 6.45) is 2.67. The van der Waals surface area contributed by atoms with Gasteiger partial charge in [0, 0.05) is 6.42 Å². The average Bonchev–Trinajstić information content (AvgIpc) is 2.50. The largest absolute Gasteiger partial charge is 0.479 e. The first-order chi connectivity index (χ1) is 11.0. The molecule has 130 valence electrons. The van der Waals surface area contributed by atoms with Gasteiger partial charge in [-0.1, -0.05) is 19.3 Å². The molecule has 1 saturated heterocycles. The molecule has 0 bridgehead atoms. The van der Waals surface area contributed by atoms with E-state index in [9.17, 15) is 19.2 Å². The first-order valence-corrected chi connectivity index (χ1v) is 7.81. The summed E-state index contributed by atoms with van der Waals surface area (Å²) < 4.78 is 4.91. The standard InChI is InChI=1S/C15H22O8/c16-12-8-4-2-1-3-5-9-13(17)22-23-14(18)10-6-7-11(21-12)15(19)20/h11H,1-10H2,(H,19,20). The van der Waals surface area contributed by atoms with Crippen molar-refractivity contribution in [2.45, 2.75) is 70.3 Å². The van der Waals surface area contributed by atoms with Gasteiger partial charge in [-0.3, -0.25) is 4.79 Å². The first kappa shape index (κ1) is 18.9. The minimum atomic E-state index is -1.28. The average molecular weight is 330 g/mol. The molecule has 1 unspecified atom stereocenters. The Bertz CT molecular complexity index is 431. The van der Waals surface area contributed by atoms with Crippen molar-refractivity contribution in [2.75, 3.05) is 0 Å². The Kier molecular flexibility index (Phi) is 8.71. The summed E-state index contributed by atoms with van der Waals surface area (Å²) in [5.41, 5.74) is 0. The third kappa shape index (κ3) is 8.80. The number of carbonyl (C=O) groups is 4. The van der Waals surface area contributed by atoms with Crippen LogP contribution in [0.3, 0.4) is 0 Å². The normalized spacial score (nSPS) is 23.1. The molecular weight excluding hydrogens is 308 g/mol. The highest BCUT2D eigenvalue weighted by atomic mass is 17.2. The maximum atomic E-state index is 11.6. The predicted octanol–water partition coefficient (Wildman–Crippen LogP) is 1.90. The van der Waals surface area contributed by atoms with Gasteiger partial charge in [-0.15, -0.1) is 0 Å². The number of hydrogen-bond acceptors (Lipinski definition) is 7. The quantitative estimate of drug-likeness (QED) is 0.572. The van der Waals surface area contributed by atoms with Crippen LogP contribution in [-0.2, 0) is 33.7 Å². The van der Waals surface area contributed by atoms with Crippen LogP contribution in [0.1, 0.15) is 64.2 Å². The molecule has 1 aliphatic rings. The van der Waals surface area contributed by atoms with E-state index in [-0.39, 0.29) is 32.1 Å². The van der Waals surface area contributed by atoms with Crippen molar-refractivity contribution < 1.29 is 38.8 Å². The van der Waals surface area contributed by atoms with Gasteiger partial charge < -0.3 is 9.84 Å². The highest BCUT2D eigenvalue weighted by molar-refractivity contribution is 5.78. The summed E-state index contributed by atoms with van der Waals surface area (Å²) in [6.45, 7) is 0. The van der Waals surface area contributed by atoms with E-state index in [2.05, 4.69) is 9.78 Å². The van der Waals surface area contributed by atoms with Crippen molar-refractivity contribution in [1.29, 1.82) is 0 Å². The number of hydrogen-bond donors (Lipinski definition) is 1. The van der Waals surface area contributed by atoms with Gasteiger partial charge in [0.05, 0.1) is 12.8 Å². The SMILES string of the molecule is O=C1CCCCCCCC(=O)OC(C(=O)O)CCCC(=O)OO1. The van der Waals surface area contributed by atoms with E-state index in [0.29, 0.717) is 12.8 Å². The van der Waals surface area contributed by atoms with Crippen molar-refractivity contribution in [3.05, 3.63) is 0 Å². The lowest BCUT2D eigenvalue weighted by Gasteiger charge is -2.13. The number of carboxylic acid groups (broad SMARTS) is 1. The van der Waals surface area contributed by atoms with Crippen LogP contribution in [0.15, 0.2) is 0 Å². The van der Waals surface area contributed by atoms with Crippen LogP contribution in [0, 0.1) is 0 Å². The van der Waals surface area contributed by atoms with Crippen LogP contribution < -0.4 is 0 Å². The molecule has 0 aromatic rings. The van der Waals surface area contributed by atoms with Crippen LogP contribution in [0.5, 0.6) is 0 Å². The van der Waals surface area contributed by atoms with Gasteiger partial charge >= 0.3 is 23.9 Å². The Morgan fingerprint density at radius 1 is 0.783 bits per heavy atom. The number of carbonyl (C=O) groups excluding carboxylic acids is 3. The molecule has 0 radical (unpaired) electrons. The zero-order valence-corrected chi connectivity index (χ0v) is 13.0. The lowest BCUT2D eigenvalue weighted by Crippen LogP contribution is -2.27. The fourth-order valence-corrected chi connectivity index (χ4v) is 2.13. The molecule has 1 rings (SSSR count). The molecule has 8 heteroatoms. The van der Waals surface area contributed by atoms with Gasteiger partial charge in [0.15, 0.2) is 6.10 Å². The third-order valence-corrected chi connectivity index (χ3v) is 3.39. The van der Waals surface area contributed by atoms with E-state index in [1.54, 1.807) is 0 Å². The third-order valence-electron chi connectivity index (χ3n) is 3.39. The number of ether oxygens (including phenoxy) is 1.